The Morgan fingerprint density at radius 2 is 1.73 bits per heavy atom. The lowest BCUT2D eigenvalue weighted by Gasteiger charge is -2.32. The van der Waals surface area contributed by atoms with E-state index in [1.807, 2.05) is 30.5 Å². The van der Waals surface area contributed by atoms with Crippen LogP contribution in [0.5, 0.6) is 0 Å². The standard InChI is InChI=1S/C30H37N9O2/c31-12-13-32-30(40)34-24-8-6-23(7-9-24)27-35-28(38-16-18-41-19-17-38)26-20-33-39(29(26)36-27)25-10-14-37(15-11-25)21-22-4-2-1-3-5-22/h1-9,20,25H,10-19,21,31H2,(H2,32,34,40). The highest BCUT2D eigenvalue weighted by atomic mass is 16.5. The van der Waals surface area contributed by atoms with Gasteiger partial charge in [0, 0.05) is 57.1 Å². The Balaban J connectivity index is 1.26. The molecule has 2 saturated heterocycles. The summed E-state index contributed by atoms with van der Waals surface area (Å²) in [6.45, 7) is 6.70. The molecule has 4 heterocycles. The SMILES string of the molecule is NCCNC(=O)Nc1ccc(-c2nc(N3CCOCC3)c3cnn(C4CCN(Cc5ccccc5)CC4)c3n2)cc1. The van der Waals surface area contributed by atoms with Crippen LogP contribution in [0.3, 0.4) is 0 Å². The van der Waals surface area contributed by atoms with Crippen molar-refractivity contribution in [3.05, 3.63) is 66.4 Å². The number of nitrogens with two attached hydrogens (primary N) is 1. The molecular formula is C30H37N9O2. The lowest BCUT2D eigenvalue weighted by atomic mass is 10.0. The normalized spacial score (nSPS) is 16.7. The van der Waals surface area contributed by atoms with Crippen LogP contribution in [0.1, 0.15) is 24.4 Å². The van der Waals surface area contributed by atoms with E-state index in [-0.39, 0.29) is 12.1 Å². The van der Waals surface area contributed by atoms with Gasteiger partial charge in [0.05, 0.1) is 30.8 Å². The van der Waals surface area contributed by atoms with Crippen LogP contribution < -0.4 is 21.3 Å². The number of rotatable bonds is 8. The molecule has 4 aromatic rings. The second-order valence-corrected chi connectivity index (χ2v) is 10.5. The monoisotopic (exact) mass is 555 g/mol. The van der Waals surface area contributed by atoms with Crippen LogP contribution in [0, 0.1) is 0 Å². The predicted octanol–water partition coefficient (Wildman–Crippen LogP) is 3.25. The van der Waals surface area contributed by atoms with Crippen molar-refractivity contribution in [1.29, 1.82) is 0 Å². The van der Waals surface area contributed by atoms with Gasteiger partial charge >= 0.3 is 6.03 Å². The molecule has 6 rings (SSSR count). The molecule has 0 atom stereocenters. The number of urea groups is 1. The fourth-order valence-corrected chi connectivity index (χ4v) is 5.55. The summed E-state index contributed by atoms with van der Waals surface area (Å²) in [7, 11) is 0. The van der Waals surface area contributed by atoms with E-state index >= 15 is 0 Å². The highest BCUT2D eigenvalue weighted by molar-refractivity contribution is 5.90. The smallest absolute Gasteiger partial charge is 0.319 e. The average molecular weight is 556 g/mol. The Hall–Kier alpha value is -4.06. The minimum Gasteiger partial charge on any atom is -0.378 e. The third kappa shape index (κ3) is 6.32. The van der Waals surface area contributed by atoms with E-state index in [1.54, 1.807) is 0 Å². The summed E-state index contributed by atoms with van der Waals surface area (Å²) < 4.78 is 7.73. The summed E-state index contributed by atoms with van der Waals surface area (Å²) >= 11 is 0. The third-order valence-electron chi connectivity index (χ3n) is 7.73. The zero-order valence-electron chi connectivity index (χ0n) is 23.2. The van der Waals surface area contributed by atoms with E-state index in [1.165, 1.54) is 5.56 Å². The van der Waals surface area contributed by atoms with Crippen LogP contribution in [0.15, 0.2) is 60.8 Å². The Morgan fingerprint density at radius 3 is 2.46 bits per heavy atom. The molecule has 2 aliphatic rings. The van der Waals surface area contributed by atoms with Gasteiger partial charge in [-0.1, -0.05) is 30.3 Å². The number of morpholine rings is 1. The second kappa shape index (κ2) is 12.6. The molecule has 0 bridgehead atoms. The molecule has 214 valence electrons. The molecule has 2 aromatic carbocycles. The van der Waals surface area contributed by atoms with Gasteiger partial charge in [-0.15, -0.1) is 0 Å². The molecule has 0 radical (unpaired) electrons. The number of nitrogens with zero attached hydrogens (tertiary/aromatic N) is 6. The number of hydrogen-bond donors (Lipinski definition) is 3. The Kier molecular flexibility index (Phi) is 8.36. The molecule has 2 amide bonds. The summed E-state index contributed by atoms with van der Waals surface area (Å²) in [5, 5.41) is 11.4. The van der Waals surface area contributed by atoms with Crippen LogP contribution in [-0.2, 0) is 11.3 Å². The molecule has 0 spiro atoms. The van der Waals surface area contributed by atoms with Gasteiger partial charge in [-0.05, 0) is 42.7 Å². The minimum absolute atomic E-state index is 0.276. The summed E-state index contributed by atoms with van der Waals surface area (Å²) in [4.78, 5) is 26.9. The Labute approximate surface area is 239 Å². The van der Waals surface area contributed by atoms with Gasteiger partial charge in [0.25, 0.3) is 0 Å². The first kappa shape index (κ1) is 27.1. The van der Waals surface area contributed by atoms with Gasteiger partial charge in [0.15, 0.2) is 11.5 Å². The van der Waals surface area contributed by atoms with Crippen molar-refractivity contribution < 1.29 is 9.53 Å². The number of fused-ring (bicyclic) bond motifs is 1. The zero-order valence-corrected chi connectivity index (χ0v) is 23.2. The second-order valence-electron chi connectivity index (χ2n) is 10.5. The fourth-order valence-electron chi connectivity index (χ4n) is 5.55. The van der Waals surface area contributed by atoms with E-state index in [2.05, 4.69) is 55.4 Å². The van der Waals surface area contributed by atoms with E-state index in [9.17, 15) is 4.79 Å². The number of benzene rings is 2. The molecule has 0 aliphatic carbocycles. The fraction of sp³-hybridized carbons (Fsp3) is 0.400. The number of ether oxygens (including phenoxy) is 1. The first-order chi connectivity index (χ1) is 20.2. The molecule has 11 nitrogen and oxygen atoms in total. The van der Waals surface area contributed by atoms with Gasteiger partial charge in [0.2, 0.25) is 0 Å². The molecule has 11 heteroatoms. The van der Waals surface area contributed by atoms with Crippen molar-refractivity contribution in [2.45, 2.75) is 25.4 Å². The molecule has 0 saturated carbocycles. The van der Waals surface area contributed by atoms with Gasteiger partial charge in [-0.2, -0.15) is 5.10 Å². The van der Waals surface area contributed by atoms with Crippen LogP contribution in [-0.4, -0.2) is 83.2 Å². The summed E-state index contributed by atoms with van der Waals surface area (Å²) in [6.07, 6.45) is 3.96. The zero-order chi connectivity index (χ0) is 28.0. The predicted molar refractivity (Wildman–Crippen MR) is 160 cm³/mol. The molecule has 2 aliphatic heterocycles. The number of piperidine rings is 1. The summed E-state index contributed by atoms with van der Waals surface area (Å²) in [6, 6.07) is 18.2. The van der Waals surface area contributed by atoms with Crippen molar-refractivity contribution in [3.63, 3.8) is 0 Å². The van der Waals surface area contributed by atoms with E-state index in [0.29, 0.717) is 37.8 Å². The van der Waals surface area contributed by atoms with Gasteiger partial charge in [0.1, 0.15) is 5.82 Å². The highest BCUT2D eigenvalue weighted by Gasteiger charge is 2.26. The van der Waals surface area contributed by atoms with E-state index in [4.69, 9.17) is 25.5 Å². The van der Waals surface area contributed by atoms with Crippen LogP contribution in [0.25, 0.3) is 22.4 Å². The number of carbonyl (C=O) groups is 1. The van der Waals surface area contributed by atoms with Crippen molar-refractivity contribution in [2.75, 3.05) is 62.7 Å². The summed E-state index contributed by atoms with van der Waals surface area (Å²) in [5.74, 6) is 1.53. The van der Waals surface area contributed by atoms with Crippen LogP contribution in [0.2, 0.25) is 0 Å². The lowest BCUT2D eigenvalue weighted by molar-refractivity contribution is 0.122. The van der Waals surface area contributed by atoms with E-state index < -0.39 is 0 Å². The third-order valence-corrected chi connectivity index (χ3v) is 7.73. The first-order valence-corrected chi connectivity index (χ1v) is 14.4. The number of aromatic nitrogens is 4. The summed E-state index contributed by atoms with van der Waals surface area (Å²) in [5.41, 5.74) is 9.24. The average Bonchev–Trinajstić information content (AvgIpc) is 3.45. The molecule has 4 N–H and O–H groups in total. The topological polar surface area (TPSA) is 126 Å². The van der Waals surface area contributed by atoms with Gasteiger partial charge < -0.3 is 26.0 Å². The van der Waals surface area contributed by atoms with Crippen LogP contribution in [0.4, 0.5) is 16.3 Å². The van der Waals surface area contributed by atoms with Crippen molar-refractivity contribution >= 4 is 28.6 Å². The molecule has 2 fully saturated rings. The quantitative estimate of drug-likeness (QED) is 0.303. The molecule has 0 unspecified atom stereocenters. The van der Waals surface area contributed by atoms with Gasteiger partial charge in [-0.25, -0.2) is 19.4 Å². The van der Waals surface area contributed by atoms with Crippen molar-refractivity contribution in [2.24, 2.45) is 5.73 Å². The number of nitrogens with one attached hydrogen (secondary N) is 2. The number of hydrogen-bond acceptors (Lipinski definition) is 8. The van der Waals surface area contributed by atoms with Crippen molar-refractivity contribution in [3.8, 4) is 11.4 Å². The number of amides is 2. The maximum absolute atomic E-state index is 12.0. The van der Waals surface area contributed by atoms with Gasteiger partial charge in [-0.3, -0.25) is 4.90 Å². The molecule has 2 aromatic heterocycles. The molecular weight excluding hydrogens is 518 g/mol. The highest BCUT2D eigenvalue weighted by Crippen LogP contribution is 2.32. The van der Waals surface area contributed by atoms with E-state index in [0.717, 1.165) is 68.0 Å². The number of carbonyl (C=O) groups excluding carboxylic acids is 1. The first-order valence-electron chi connectivity index (χ1n) is 14.4. The van der Waals surface area contributed by atoms with Crippen LogP contribution >= 0.6 is 0 Å². The number of anilines is 2. The largest absolute Gasteiger partial charge is 0.378 e. The Morgan fingerprint density at radius 1 is 0.976 bits per heavy atom. The Bertz CT molecular complexity index is 1440. The molecule has 41 heavy (non-hydrogen) atoms. The van der Waals surface area contributed by atoms with Crippen molar-refractivity contribution in [1.82, 2.24) is 30.0 Å². The minimum atomic E-state index is -0.283. The maximum atomic E-state index is 12.0. The lowest BCUT2D eigenvalue weighted by Crippen LogP contribution is -2.37. The number of likely N-dealkylation sites (tertiary alicyclic amines) is 1. The maximum Gasteiger partial charge on any atom is 0.319 e.